The van der Waals surface area contributed by atoms with Crippen LogP contribution in [0.15, 0.2) is 66.7 Å². The molecule has 0 radical (unpaired) electrons. The second-order valence-corrected chi connectivity index (χ2v) is 7.31. The maximum absolute atomic E-state index is 13.5. The Balaban J connectivity index is 1.75. The molecule has 28 heavy (non-hydrogen) atoms. The third kappa shape index (κ3) is 3.81. The summed E-state index contributed by atoms with van der Waals surface area (Å²) in [5.41, 5.74) is 5.61. The van der Waals surface area contributed by atoms with Gasteiger partial charge in [-0.1, -0.05) is 56.3 Å². The van der Waals surface area contributed by atoms with Gasteiger partial charge in [-0.15, -0.1) is 0 Å². The summed E-state index contributed by atoms with van der Waals surface area (Å²) >= 11 is 0. The fourth-order valence-electron chi connectivity index (χ4n) is 3.95. The van der Waals surface area contributed by atoms with Crippen LogP contribution >= 0.6 is 0 Å². The van der Waals surface area contributed by atoms with Crippen molar-refractivity contribution in [3.63, 3.8) is 0 Å². The monoisotopic (exact) mass is 375 g/mol. The smallest absolute Gasteiger partial charge is 0.131 e. The SMILES string of the molecule is CCN(CC)CC1Cc2cc(-c3ccccc3)cc(-c3ccc(F)cc3)c2O1. The zero-order valence-corrected chi connectivity index (χ0v) is 16.5. The summed E-state index contributed by atoms with van der Waals surface area (Å²) in [5.74, 6) is 0.725. The minimum absolute atomic E-state index is 0.153. The highest BCUT2D eigenvalue weighted by Gasteiger charge is 2.28. The van der Waals surface area contributed by atoms with E-state index in [0.29, 0.717) is 0 Å². The minimum Gasteiger partial charge on any atom is -0.488 e. The van der Waals surface area contributed by atoms with Gasteiger partial charge in [0.25, 0.3) is 0 Å². The predicted octanol–water partition coefficient (Wildman–Crippen LogP) is 5.81. The van der Waals surface area contributed by atoms with Gasteiger partial charge in [0.2, 0.25) is 0 Å². The van der Waals surface area contributed by atoms with Crippen LogP contribution in [0.2, 0.25) is 0 Å². The number of benzene rings is 3. The Morgan fingerprint density at radius 1 is 0.893 bits per heavy atom. The number of halogens is 1. The molecule has 0 spiro atoms. The lowest BCUT2D eigenvalue weighted by Crippen LogP contribution is -2.34. The van der Waals surface area contributed by atoms with Crippen molar-refractivity contribution in [1.82, 2.24) is 4.90 Å². The third-order valence-electron chi connectivity index (χ3n) is 5.52. The number of hydrogen-bond acceptors (Lipinski definition) is 2. The molecule has 1 unspecified atom stereocenters. The van der Waals surface area contributed by atoms with E-state index in [0.717, 1.165) is 42.9 Å². The Morgan fingerprint density at radius 2 is 1.61 bits per heavy atom. The largest absolute Gasteiger partial charge is 0.488 e. The molecular weight excluding hydrogens is 349 g/mol. The molecule has 0 bridgehead atoms. The van der Waals surface area contributed by atoms with E-state index in [9.17, 15) is 4.39 Å². The van der Waals surface area contributed by atoms with Crippen LogP contribution < -0.4 is 4.74 Å². The van der Waals surface area contributed by atoms with Crippen LogP contribution in [0.4, 0.5) is 4.39 Å². The third-order valence-corrected chi connectivity index (χ3v) is 5.52. The Kier molecular flexibility index (Phi) is 5.45. The van der Waals surface area contributed by atoms with Gasteiger partial charge in [0.1, 0.15) is 17.7 Å². The van der Waals surface area contributed by atoms with Crippen LogP contribution in [0.3, 0.4) is 0 Å². The first-order chi connectivity index (χ1) is 13.7. The molecule has 0 aliphatic carbocycles. The number of likely N-dealkylation sites (N-methyl/N-ethyl adjacent to an activating group) is 1. The average Bonchev–Trinajstić information content (AvgIpc) is 3.15. The Labute approximate surface area is 166 Å². The molecule has 144 valence electrons. The Bertz CT molecular complexity index is 933. The molecule has 1 heterocycles. The van der Waals surface area contributed by atoms with Gasteiger partial charge in [-0.05, 0) is 59.6 Å². The van der Waals surface area contributed by atoms with Crippen molar-refractivity contribution in [2.24, 2.45) is 0 Å². The molecule has 4 rings (SSSR count). The molecule has 3 aromatic rings. The molecule has 1 aliphatic heterocycles. The van der Waals surface area contributed by atoms with Crippen molar-refractivity contribution >= 4 is 0 Å². The molecule has 3 aromatic carbocycles. The molecule has 1 atom stereocenters. The van der Waals surface area contributed by atoms with Crippen LogP contribution in [0, 0.1) is 5.82 Å². The van der Waals surface area contributed by atoms with E-state index >= 15 is 0 Å². The first-order valence-electron chi connectivity index (χ1n) is 10.0. The minimum atomic E-state index is -0.222. The quantitative estimate of drug-likeness (QED) is 0.539. The summed E-state index contributed by atoms with van der Waals surface area (Å²) in [4.78, 5) is 2.40. The average molecular weight is 375 g/mol. The van der Waals surface area contributed by atoms with Crippen molar-refractivity contribution in [1.29, 1.82) is 0 Å². The molecular formula is C25H26FNO. The van der Waals surface area contributed by atoms with Crippen LogP contribution in [-0.2, 0) is 6.42 Å². The van der Waals surface area contributed by atoms with E-state index < -0.39 is 0 Å². The highest BCUT2D eigenvalue weighted by Crippen LogP contribution is 2.42. The molecule has 0 saturated carbocycles. The number of rotatable bonds is 6. The van der Waals surface area contributed by atoms with Crippen molar-refractivity contribution in [2.45, 2.75) is 26.4 Å². The van der Waals surface area contributed by atoms with Crippen molar-refractivity contribution in [3.05, 3.63) is 78.1 Å². The van der Waals surface area contributed by atoms with Crippen molar-refractivity contribution < 1.29 is 9.13 Å². The van der Waals surface area contributed by atoms with E-state index in [-0.39, 0.29) is 11.9 Å². The van der Waals surface area contributed by atoms with Gasteiger partial charge >= 0.3 is 0 Å². The van der Waals surface area contributed by atoms with Gasteiger partial charge in [-0.3, -0.25) is 0 Å². The summed E-state index contributed by atoms with van der Waals surface area (Å²) in [5, 5.41) is 0. The summed E-state index contributed by atoms with van der Waals surface area (Å²) in [6, 6.07) is 21.5. The Morgan fingerprint density at radius 3 is 2.29 bits per heavy atom. The summed E-state index contributed by atoms with van der Waals surface area (Å²) in [7, 11) is 0. The molecule has 0 fully saturated rings. The van der Waals surface area contributed by atoms with Crippen molar-refractivity contribution in [3.8, 4) is 28.0 Å². The Hall–Kier alpha value is -2.65. The molecule has 1 aliphatic rings. The lowest BCUT2D eigenvalue weighted by atomic mass is 9.94. The normalized spacial score (nSPS) is 15.5. The number of hydrogen-bond donors (Lipinski definition) is 0. The lowest BCUT2D eigenvalue weighted by molar-refractivity contribution is 0.159. The number of nitrogens with zero attached hydrogens (tertiary/aromatic N) is 1. The van der Waals surface area contributed by atoms with Gasteiger partial charge in [0, 0.05) is 18.5 Å². The summed E-state index contributed by atoms with van der Waals surface area (Å²) in [6.45, 7) is 7.33. The van der Waals surface area contributed by atoms with Gasteiger partial charge in [-0.2, -0.15) is 0 Å². The highest BCUT2D eigenvalue weighted by atomic mass is 19.1. The molecule has 0 aromatic heterocycles. The molecule has 3 heteroatoms. The highest BCUT2D eigenvalue weighted by molar-refractivity contribution is 5.80. The van der Waals surface area contributed by atoms with Gasteiger partial charge in [0.05, 0.1) is 0 Å². The van der Waals surface area contributed by atoms with E-state index in [1.165, 1.54) is 28.8 Å². The van der Waals surface area contributed by atoms with E-state index in [1.807, 2.05) is 18.2 Å². The zero-order chi connectivity index (χ0) is 19.5. The standard InChI is InChI=1S/C25H26FNO/c1-3-27(4-2)17-23-15-21-14-20(18-8-6-5-7-9-18)16-24(25(21)28-23)19-10-12-22(26)13-11-19/h5-14,16,23H,3-4,15,17H2,1-2H3. The fourth-order valence-corrected chi connectivity index (χ4v) is 3.95. The number of fused-ring (bicyclic) bond motifs is 1. The second-order valence-electron chi connectivity index (χ2n) is 7.31. The molecule has 2 nitrogen and oxygen atoms in total. The van der Waals surface area contributed by atoms with Gasteiger partial charge in [0.15, 0.2) is 0 Å². The second kappa shape index (κ2) is 8.15. The van der Waals surface area contributed by atoms with Crippen LogP contribution in [-0.4, -0.2) is 30.6 Å². The van der Waals surface area contributed by atoms with Crippen LogP contribution in [0.5, 0.6) is 5.75 Å². The molecule has 0 amide bonds. The van der Waals surface area contributed by atoms with Gasteiger partial charge < -0.3 is 9.64 Å². The van der Waals surface area contributed by atoms with E-state index in [2.05, 4.69) is 55.1 Å². The van der Waals surface area contributed by atoms with Crippen LogP contribution in [0.1, 0.15) is 19.4 Å². The maximum atomic E-state index is 13.5. The lowest BCUT2D eigenvalue weighted by Gasteiger charge is -2.22. The van der Waals surface area contributed by atoms with Crippen LogP contribution in [0.25, 0.3) is 22.3 Å². The summed E-state index contributed by atoms with van der Waals surface area (Å²) in [6.07, 6.45) is 1.06. The molecule has 0 saturated heterocycles. The van der Waals surface area contributed by atoms with Gasteiger partial charge in [-0.25, -0.2) is 4.39 Å². The van der Waals surface area contributed by atoms with Crippen molar-refractivity contribution in [2.75, 3.05) is 19.6 Å². The maximum Gasteiger partial charge on any atom is 0.131 e. The first kappa shape index (κ1) is 18.7. The van der Waals surface area contributed by atoms with E-state index in [4.69, 9.17) is 4.74 Å². The topological polar surface area (TPSA) is 12.5 Å². The zero-order valence-electron chi connectivity index (χ0n) is 16.5. The molecule has 0 N–H and O–H groups in total. The number of ether oxygens (including phenoxy) is 1. The van der Waals surface area contributed by atoms with E-state index in [1.54, 1.807) is 0 Å². The predicted molar refractivity (Wildman–Crippen MR) is 113 cm³/mol. The fraction of sp³-hybridized carbons (Fsp3) is 0.280. The summed E-state index contributed by atoms with van der Waals surface area (Å²) < 4.78 is 19.9. The first-order valence-corrected chi connectivity index (χ1v) is 10.0.